The molecule has 1 amide bonds. The summed E-state index contributed by atoms with van der Waals surface area (Å²) in [5.74, 6) is 2.00. The van der Waals surface area contributed by atoms with Gasteiger partial charge >= 0.3 is 0 Å². The molecule has 0 bridgehead atoms. The second kappa shape index (κ2) is 8.95. The lowest BCUT2D eigenvalue weighted by Gasteiger charge is -2.17. The molecule has 0 heterocycles. The molecule has 0 aliphatic rings. The van der Waals surface area contributed by atoms with Gasteiger partial charge in [0.2, 0.25) is 5.91 Å². The first-order valence-corrected chi connectivity index (χ1v) is 9.10. The average molecular weight is 376 g/mol. The number of methoxy groups -OCH3 is 1. The molecular formula is C23H24N2O3. The monoisotopic (exact) mass is 376 g/mol. The lowest BCUT2D eigenvalue weighted by molar-refractivity contribution is -0.116. The van der Waals surface area contributed by atoms with E-state index >= 15 is 0 Å². The molecule has 0 aliphatic carbocycles. The Kier molecular flexibility index (Phi) is 6.17. The average Bonchev–Trinajstić information content (AvgIpc) is 2.70. The largest absolute Gasteiger partial charge is 0.495 e. The van der Waals surface area contributed by atoms with E-state index in [-0.39, 0.29) is 5.91 Å². The first kappa shape index (κ1) is 19.3. The molecule has 144 valence electrons. The molecule has 3 rings (SSSR count). The zero-order valence-electron chi connectivity index (χ0n) is 16.2. The van der Waals surface area contributed by atoms with Crippen molar-refractivity contribution < 1.29 is 14.3 Å². The molecule has 0 radical (unpaired) electrons. The minimum Gasteiger partial charge on any atom is -0.495 e. The Morgan fingerprint density at radius 3 is 2.29 bits per heavy atom. The van der Waals surface area contributed by atoms with Gasteiger partial charge in [-0.05, 0) is 67.9 Å². The van der Waals surface area contributed by atoms with Crippen molar-refractivity contribution in [1.29, 1.82) is 0 Å². The fourth-order valence-corrected chi connectivity index (χ4v) is 2.72. The summed E-state index contributed by atoms with van der Waals surface area (Å²) in [6.07, 6.45) is 0. The smallest absolute Gasteiger partial charge is 0.246 e. The van der Waals surface area contributed by atoms with Gasteiger partial charge in [-0.2, -0.15) is 0 Å². The van der Waals surface area contributed by atoms with E-state index in [0.29, 0.717) is 11.4 Å². The van der Waals surface area contributed by atoms with Crippen molar-refractivity contribution in [2.75, 3.05) is 17.7 Å². The molecule has 3 aromatic carbocycles. The maximum absolute atomic E-state index is 12.6. The summed E-state index contributed by atoms with van der Waals surface area (Å²) in [6.45, 7) is 3.78. The number of carbonyl (C=O) groups is 1. The lowest BCUT2D eigenvalue weighted by Crippen LogP contribution is -2.32. The Bertz CT molecular complexity index is 924. The Morgan fingerprint density at radius 2 is 1.61 bits per heavy atom. The number of hydrogen-bond acceptors (Lipinski definition) is 4. The minimum absolute atomic E-state index is 0.145. The van der Waals surface area contributed by atoms with Crippen LogP contribution in [-0.2, 0) is 4.79 Å². The third kappa shape index (κ3) is 5.04. The molecule has 5 heteroatoms. The second-order valence-corrected chi connectivity index (χ2v) is 6.50. The van der Waals surface area contributed by atoms with Crippen LogP contribution < -0.4 is 20.1 Å². The number of ether oxygens (including phenoxy) is 2. The van der Waals surface area contributed by atoms with Crippen molar-refractivity contribution in [2.24, 2.45) is 0 Å². The van der Waals surface area contributed by atoms with Crippen LogP contribution in [0.25, 0.3) is 0 Å². The van der Waals surface area contributed by atoms with Crippen LogP contribution in [0.4, 0.5) is 11.4 Å². The van der Waals surface area contributed by atoms with Crippen LogP contribution in [0.1, 0.15) is 12.5 Å². The molecule has 3 aromatic rings. The summed E-state index contributed by atoms with van der Waals surface area (Å²) in [5, 5.41) is 6.11. The molecule has 1 atom stereocenters. The predicted molar refractivity (Wildman–Crippen MR) is 112 cm³/mol. The number of rotatable bonds is 7. The van der Waals surface area contributed by atoms with E-state index < -0.39 is 6.04 Å². The maximum atomic E-state index is 12.6. The highest BCUT2D eigenvalue weighted by molar-refractivity contribution is 5.97. The molecule has 0 saturated carbocycles. The van der Waals surface area contributed by atoms with Crippen LogP contribution >= 0.6 is 0 Å². The molecule has 0 aliphatic heterocycles. The summed E-state index contributed by atoms with van der Waals surface area (Å²) in [5.41, 5.74) is 2.54. The quantitative estimate of drug-likeness (QED) is 0.592. The predicted octanol–water partition coefficient (Wildman–Crippen LogP) is 5.24. The molecule has 2 N–H and O–H groups in total. The van der Waals surface area contributed by atoms with Gasteiger partial charge in [0.05, 0.1) is 12.8 Å². The third-order valence-electron chi connectivity index (χ3n) is 4.22. The van der Waals surface area contributed by atoms with E-state index in [2.05, 4.69) is 10.6 Å². The molecule has 0 spiro atoms. The molecule has 0 fully saturated rings. The van der Waals surface area contributed by atoms with E-state index in [1.54, 1.807) is 7.11 Å². The Labute approximate surface area is 165 Å². The van der Waals surface area contributed by atoms with Crippen LogP contribution in [0.15, 0.2) is 72.8 Å². The Hall–Kier alpha value is -3.47. The van der Waals surface area contributed by atoms with Gasteiger partial charge in [0.25, 0.3) is 0 Å². The zero-order valence-corrected chi connectivity index (χ0v) is 16.2. The summed E-state index contributed by atoms with van der Waals surface area (Å²) in [6, 6.07) is 22.3. The fourth-order valence-electron chi connectivity index (χ4n) is 2.72. The van der Waals surface area contributed by atoms with Crippen molar-refractivity contribution in [1.82, 2.24) is 0 Å². The maximum Gasteiger partial charge on any atom is 0.246 e. The summed E-state index contributed by atoms with van der Waals surface area (Å²) in [7, 11) is 1.58. The number of hydrogen-bond donors (Lipinski definition) is 2. The van der Waals surface area contributed by atoms with E-state index in [9.17, 15) is 4.79 Å². The van der Waals surface area contributed by atoms with Gasteiger partial charge in [-0.3, -0.25) is 4.79 Å². The SMILES string of the molecule is COc1ccc(C)cc1NC(=O)C(C)Nc1ccc(Oc2ccccc2)cc1. The van der Waals surface area contributed by atoms with E-state index in [1.165, 1.54) is 0 Å². The van der Waals surface area contributed by atoms with E-state index in [0.717, 1.165) is 22.7 Å². The van der Waals surface area contributed by atoms with Gasteiger partial charge in [-0.25, -0.2) is 0 Å². The summed E-state index contributed by atoms with van der Waals surface area (Å²) >= 11 is 0. The standard InChI is InChI=1S/C23H24N2O3/c1-16-9-14-22(27-3)21(15-16)25-23(26)17(2)24-18-10-12-20(13-11-18)28-19-7-5-4-6-8-19/h4-15,17,24H,1-3H3,(H,25,26). The van der Waals surface area contributed by atoms with Gasteiger partial charge in [-0.15, -0.1) is 0 Å². The molecule has 0 aromatic heterocycles. The third-order valence-corrected chi connectivity index (χ3v) is 4.22. The number of nitrogens with one attached hydrogen (secondary N) is 2. The molecule has 1 unspecified atom stereocenters. The molecular weight excluding hydrogens is 352 g/mol. The first-order valence-electron chi connectivity index (χ1n) is 9.10. The van der Waals surface area contributed by atoms with Crippen LogP contribution in [0.3, 0.4) is 0 Å². The zero-order chi connectivity index (χ0) is 19.9. The van der Waals surface area contributed by atoms with Gasteiger partial charge in [0.1, 0.15) is 23.3 Å². The number of carbonyl (C=O) groups excluding carboxylic acids is 1. The topological polar surface area (TPSA) is 59.6 Å². The Balaban J connectivity index is 1.60. The highest BCUT2D eigenvalue weighted by Gasteiger charge is 2.15. The van der Waals surface area contributed by atoms with Crippen molar-refractivity contribution in [3.05, 3.63) is 78.4 Å². The lowest BCUT2D eigenvalue weighted by atomic mass is 10.2. The molecule has 0 saturated heterocycles. The number of anilines is 2. The number of amides is 1. The number of benzene rings is 3. The van der Waals surface area contributed by atoms with Crippen LogP contribution in [0.5, 0.6) is 17.2 Å². The number of para-hydroxylation sites is 1. The fraction of sp³-hybridized carbons (Fsp3) is 0.174. The van der Waals surface area contributed by atoms with Gasteiger partial charge in [0.15, 0.2) is 0 Å². The van der Waals surface area contributed by atoms with Gasteiger partial charge in [0, 0.05) is 5.69 Å². The number of aryl methyl sites for hydroxylation is 1. The summed E-state index contributed by atoms with van der Waals surface area (Å²) in [4.78, 5) is 12.6. The highest BCUT2D eigenvalue weighted by atomic mass is 16.5. The van der Waals surface area contributed by atoms with Crippen LogP contribution in [0.2, 0.25) is 0 Å². The van der Waals surface area contributed by atoms with Gasteiger partial charge in [-0.1, -0.05) is 24.3 Å². The van der Waals surface area contributed by atoms with Gasteiger partial charge < -0.3 is 20.1 Å². The first-order chi connectivity index (χ1) is 13.5. The van der Waals surface area contributed by atoms with Crippen molar-refractivity contribution in [3.8, 4) is 17.2 Å². The van der Waals surface area contributed by atoms with Crippen molar-refractivity contribution >= 4 is 17.3 Å². The van der Waals surface area contributed by atoms with Crippen LogP contribution in [-0.4, -0.2) is 19.1 Å². The molecule has 5 nitrogen and oxygen atoms in total. The Morgan fingerprint density at radius 1 is 0.929 bits per heavy atom. The van der Waals surface area contributed by atoms with E-state index in [4.69, 9.17) is 9.47 Å². The van der Waals surface area contributed by atoms with E-state index in [1.807, 2.05) is 86.6 Å². The molecule has 28 heavy (non-hydrogen) atoms. The van der Waals surface area contributed by atoms with Crippen molar-refractivity contribution in [2.45, 2.75) is 19.9 Å². The van der Waals surface area contributed by atoms with Crippen LogP contribution in [0, 0.1) is 6.92 Å². The normalized spacial score (nSPS) is 11.4. The minimum atomic E-state index is -0.425. The summed E-state index contributed by atoms with van der Waals surface area (Å²) < 4.78 is 11.1. The van der Waals surface area contributed by atoms with Crippen molar-refractivity contribution in [3.63, 3.8) is 0 Å². The highest BCUT2D eigenvalue weighted by Crippen LogP contribution is 2.26. The second-order valence-electron chi connectivity index (χ2n) is 6.50.